The molecule has 2 heterocycles. The summed E-state index contributed by atoms with van der Waals surface area (Å²) in [6.07, 6.45) is 2.96. The van der Waals surface area contributed by atoms with Crippen LogP contribution in [0.5, 0.6) is 0 Å². The molecule has 28 heavy (non-hydrogen) atoms. The number of nitrogens with zero attached hydrogens (tertiary/aromatic N) is 6. The smallest absolute Gasteiger partial charge is 0.330 e. The number of benzene rings is 1. The molecular formula is C17H20N8O3. The summed E-state index contributed by atoms with van der Waals surface area (Å²) in [5.41, 5.74) is 5.57. The Kier molecular flexibility index (Phi) is 5.34. The molecule has 3 aromatic rings. The number of anilines is 2. The second-order valence-corrected chi connectivity index (χ2v) is 6.17. The van der Waals surface area contributed by atoms with E-state index in [0.29, 0.717) is 24.2 Å². The predicted octanol–water partition coefficient (Wildman–Crippen LogP) is 0.171. The van der Waals surface area contributed by atoms with Crippen molar-refractivity contribution >= 4 is 17.4 Å². The average molecular weight is 384 g/mol. The number of H-pyrrole nitrogens is 1. The summed E-state index contributed by atoms with van der Waals surface area (Å²) in [5.74, 6) is -0.512. The van der Waals surface area contributed by atoms with E-state index >= 15 is 0 Å². The van der Waals surface area contributed by atoms with Crippen molar-refractivity contribution in [3.63, 3.8) is 0 Å². The third-order valence-corrected chi connectivity index (χ3v) is 4.30. The lowest BCUT2D eigenvalue weighted by Gasteiger charge is -2.20. The maximum Gasteiger partial charge on any atom is 0.330 e. The highest BCUT2D eigenvalue weighted by molar-refractivity contribution is 6.07. The van der Waals surface area contributed by atoms with Crippen molar-refractivity contribution in [3.05, 3.63) is 57.0 Å². The maximum atomic E-state index is 13.0. The van der Waals surface area contributed by atoms with Crippen LogP contribution >= 0.6 is 0 Å². The highest BCUT2D eigenvalue weighted by Gasteiger charge is 2.22. The van der Waals surface area contributed by atoms with E-state index in [9.17, 15) is 14.4 Å². The number of hydrogen-bond donors (Lipinski definition) is 2. The van der Waals surface area contributed by atoms with Crippen LogP contribution in [0.1, 0.15) is 30.1 Å². The number of carbonyl (C=O) groups excluding carboxylic acids is 1. The van der Waals surface area contributed by atoms with Gasteiger partial charge in [0.1, 0.15) is 12.1 Å². The first kappa shape index (κ1) is 19.0. The molecule has 0 aliphatic rings. The predicted molar refractivity (Wildman–Crippen MR) is 103 cm³/mol. The normalized spacial score (nSPS) is 10.8. The van der Waals surface area contributed by atoms with Gasteiger partial charge < -0.3 is 10.6 Å². The zero-order valence-corrected chi connectivity index (χ0v) is 15.5. The van der Waals surface area contributed by atoms with Crippen molar-refractivity contribution in [1.82, 2.24) is 29.8 Å². The Bertz CT molecular complexity index is 1100. The van der Waals surface area contributed by atoms with E-state index in [4.69, 9.17) is 5.73 Å². The number of nitrogens with one attached hydrogen (secondary N) is 1. The molecule has 0 spiro atoms. The summed E-state index contributed by atoms with van der Waals surface area (Å²) in [5, 5.41) is 10.9. The summed E-state index contributed by atoms with van der Waals surface area (Å²) in [4.78, 5) is 40.7. The van der Waals surface area contributed by atoms with Crippen LogP contribution in [-0.2, 0) is 6.54 Å². The molecule has 1 aromatic carbocycles. The average Bonchev–Trinajstić information content (AvgIpc) is 3.22. The van der Waals surface area contributed by atoms with Gasteiger partial charge in [-0.25, -0.2) is 9.48 Å². The van der Waals surface area contributed by atoms with Gasteiger partial charge in [-0.05, 0) is 35.0 Å². The number of tetrazole rings is 1. The minimum absolute atomic E-state index is 0.0466. The summed E-state index contributed by atoms with van der Waals surface area (Å²) in [6.45, 7) is 2.32. The number of carbonyl (C=O) groups is 1. The van der Waals surface area contributed by atoms with Gasteiger partial charge in [0.05, 0.1) is 5.69 Å². The number of unbranched alkanes of at least 4 members (excludes halogenated alkanes) is 1. The van der Waals surface area contributed by atoms with E-state index in [-0.39, 0.29) is 11.5 Å². The lowest BCUT2D eigenvalue weighted by atomic mass is 10.1. The van der Waals surface area contributed by atoms with E-state index < -0.39 is 17.2 Å². The Morgan fingerprint density at radius 2 is 2.11 bits per heavy atom. The summed E-state index contributed by atoms with van der Waals surface area (Å²) < 4.78 is 2.67. The molecule has 0 radical (unpaired) electrons. The Morgan fingerprint density at radius 3 is 2.79 bits per heavy atom. The van der Waals surface area contributed by atoms with Crippen molar-refractivity contribution in [2.75, 3.05) is 17.7 Å². The first-order valence-electron chi connectivity index (χ1n) is 8.68. The molecular weight excluding hydrogens is 364 g/mol. The molecule has 0 unspecified atom stereocenters. The number of nitrogen functional groups attached to an aromatic ring is 1. The standard InChI is InChI=1S/C17H20N8O3/c1-3-4-8-24-14(18)13(15(26)20-17(24)28)23(2)16(27)11-6-5-7-12(9-11)25-10-19-21-22-25/h5-7,9-10H,3-4,8,18H2,1-2H3,(H,20,26,28). The molecule has 11 nitrogen and oxygen atoms in total. The summed E-state index contributed by atoms with van der Waals surface area (Å²) in [6, 6.07) is 6.60. The molecule has 11 heteroatoms. The van der Waals surface area contributed by atoms with Crippen LogP contribution < -0.4 is 21.9 Å². The van der Waals surface area contributed by atoms with Crippen molar-refractivity contribution in [2.24, 2.45) is 0 Å². The van der Waals surface area contributed by atoms with Crippen LogP contribution in [0.3, 0.4) is 0 Å². The van der Waals surface area contributed by atoms with Gasteiger partial charge in [0.2, 0.25) is 0 Å². The first-order valence-corrected chi connectivity index (χ1v) is 8.68. The zero-order chi connectivity index (χ0) is 20.3. The fraction of sp³-hybridized carbons (Fsp3) is 0.294. The fourth-order valence-electron chi connectivity index (χ4n) is 2.80. The van der Waals surface area contributed by atoms with Gasteiger partial charge in [-0.15, -0.1) is 5.10 Å². The number of aromatic amines is 1. The minimum atomic E-state index is -0.720. The molecule has 0 saturated carbocycles. The second kappa shape index (κ2) is 7.86. The van der Waals surface area contributed by atoms with Gasteiger partial charge in [0.25, 0.3) is 11.5 Å². The zero-order valence-electron chi connectivity index (χ0n) is 15.5. The van der Waals surface area contributed by atoms with Crippen LogP contribution in [0.2, 0.25) is 0 Å². The quantitative estimate of drug-likeness (QED) is 0.616. The number of aromatic nitrogens is 6. The molecule has 0 bridgehead atoms. The molecule has 0 aliphatic heterocycles. The minimum Gasteiger partial charge on any atom is -0.383 e. The van der Waals surface area contributed by atoms with Crippen LogP contribution in [0, 0.1) is 0 Å². The lowest BCUT2D eigenvalue weighted by Crippen LogP contribution is -2.39. The number of rotatable bonds is 6. The molecule has 1 amide bonds. The topological polar surface area (TPSA) is 145 Å². The molecule has 0 fully saturated rings. The van der Waals surface area contributed by atoms with E-state index in [2.05, 4.69) is 20.5 Å². The highest BCUT2D eigenvalue weighted by Crippen LogP contribution is 2.19. The SMILES string of the molecule is CCCCn1c(N)c(N(C)C(=O)c2cccc(-n3cnnn3)c2)c(=O)[nH]c1=O. The van der Waals surface area contributed by atoms with E-state index in [1.54, 1.807) is 24.3 Å². The van der Waals surface area contributed by atoms with Gasteiger partial charge in [-0.1, -0.05) is 19.4 Å². The summed E-state index contributed by atoms with van der Waals surface area (Å²) in [7, 11) is 1.43. The van der Waals surface area contributed by atoms with E-state index in [0.717, 1.165) is 11.3 Å². The summed E-state index contributed by atoms with van der Waals surface area (Å²) >= 11 is 0. The van der Waals surface area contributed by atoms with Gasteiger partial charge in [-0.3, -0.25) is 19.1 Å². The van der Waals surface area contributed by atoms with Gasteiger partial charge in [0.15, 0.2) is 5.69 Å². The van der Waals surface area contributed by atoms with Crippen molar-refractivity contribution in [1.29, 1.82) is 0 Å². The highest BCUT2D eigenvalue weighted by atomic mass is 16.2. The first-order chi connectivity index (χ1) is 13.4. The number of nitrogens with two attached hydrogens (primary N) is 1. The molecule has 146 valence electrons. The fourth-order valence-corrected chi connectivity index (χ4v) is 2.80. The monoisotopic (exact) mass is 384 g/mol. The number of amides is 1. The number of hydrogen-bond acceptors (Lipinski definition) is 7. The molecule has 3 N–H and O–H groups in total. The Hall–Kier alpha value is -3.76. The van der Waals surface area contributed by atoms with Crippen molar-refractivity contribution in [2.45, 2.75) is 26.3 Å². The van der Waals surface area contributed by atoms with Crippen LogP contribution in [0.4, 0.5) is 11.5 Å². The molecule has 3 rings (SSSR count). The third-order valence-electron chi connectivity index (χ3n) is 4.30. The van der Waals surface area contributed by atoms with Gasteiger partial charge >= 0.3 is 5.69 Å². The molecule has 0 saturated heterocycles. The van der Waals surface area contributed by atoms with Crippen molar-refractivity contribution in [3.8, 4) is 5.69 Å². The second-order valence-electron chi connectivity index (χ2n) is 6.17. The molecule has 0 aliphatic carbocycles. The molecule has 0 atom stereocenters. The third kappa shape index (κ3) is 3.54. The Morgan fingerprint density at radius 1 is 1.32 bits per heavy atom. The van der Waals surface area contributed by atoms with Crippen LogP contribution in [0.15, 0.2) is 40.2 Å². The Balaban J connectivity index is 1.99. The van der Waals surface area contributed by atoms with Crippen molar-refractivity contribution < 1.29 is 4.79 Å². The maximum absolute atomic E-state index is 13.0. The van der Waals surface area contributed by atoms with Gasteiger partial charge in [-0.2, -0.15) is 0 Å². The Labute approximate surface area is 159 Å². The van der Waals surface area contributed by atoms with Crippen LogP contribution in [-0.4, -0.2) is 42.7 Å². The van der Waals surface area contributed by atoms with Gasteiger partial charge in [0, 0.05) is 19.2 Å². The lowest BCUT2D eigenvalue weighted by molar-refractivity contribution is 0.0992. The largest absolute Gasteiger partial charge is 0.383 e. The van der Waals surface area contributed by atoms with Crippen LogP contribution in [0.25, 0.3) is 5.69 Å². The molecule has 2 aromatic heterocycles. The van der Waals surface area contributed by atoms with E-state index in [1.807, 2.05) is 6.92 Å². The van der Waals surface area contributed by atoms with E-state index in [1.165, 1.54) is 22.6 Å².